The highest BCUT2D eigenvalue weighted by Crippen LogP contribution is 2.35. The van der Waals surface area contributed by atoms with E-state index in [1.807, 2.05) is 0 Å². The first-order valence-corrected chi connectivity index (χ1v) is 6.52. The van der Waals surface area contributed by atoms with Crippen LogP contribution in [-0.4, -0.2) is 42.3 Å². The summed E-state index contributed by atoms with van der Waals surface area (Å²) in [5.74, 6) is 0. The van der Waals surface area contributed by atoms with E-state index in [1.54, 1.807) is 7.11 Å². The third kappa shape index (κ3) is 2.27. The third-order valence-electron chi connectivity index (χ3n) is 4.49. The van der Waals surface area contributed by atoms with Crippen molar-refractivity contribution in [1.82, 2.24) is 4.90 Å². The van der Waals surface area contributed by atoms with Crippen LogP contribution in [0.4, 0.5) is 0 Å². The van der Waals surface area contributed by atoms with Crippen molar-refractivity contribution < 1.29 is 4.74 Å². The van der Waals surface area contributed by atoms with E-state index in [9.17, 15) is 0 Å². The Labute approximate surface area is 100 Å². The first kappa shape index (κ1) is 13.9. The van der Waals surface area contributed by atoms with Gasteiger partial charge in [-0.3, -0.25) is 4.90 Å². The maximum atomic E-state index is 6.02. The Morgan fingerprint density at radius 1 is 1.50 bits per heavy atom. The fourth-order valence-corrected chi connectivity index (χ4v) is 3.13. The SMILES string of the molecule is CCC1CCC(C)N1C(C)(CN)C(C)OC. The third-order valence-corrected chi connectivity index (χ3v) is 4.49. The smallest absolute Gasteiger partial charge is 0.0736 e. The Kier molecular flexibility index (Phi) is 4.77. The summed E-state index contributed by atoms with van der Waals surface area (Å²) in [4.78, 5) is 2.60. The summed E-state index contributed by atoms with van der Waals surface area (Å²) >= 11 is 0. The predicted molar refractivity (Wildman–Crippen MR) is 68.5 cm³/mol. The molecule has 0 aromatic rings. The van der Waals surface area contributed by atoms with Crippen LogP contribution in [0.5, 0.6) is 0 Å². The fourth-order valence-electron chi connectivity index (χ4n) is 3.13. The second-order valence-electron chi connectivity index (χ2n) is 5.33. The lowest BCUT2D eigenvalue weighted by Gasteiger charge is -2.47. The van der Waals surface area contributed by atoms with Crippen LogP contribution >= 0.6 is 0 Å². The van der Waals surface area contributed by atoms with Crippen LogP contribution in [0.2, 0.25) is 0 Å². The first-order chi connectivity index (χ1) is 7.51. The van der Waals surface area contributed by atoms with Crippen LogP contribution in [0.3, 0.4) is 0 Å². The molecule has 1 aliphatic rings. The largest absolute Gasteiger partial charge is 0.380 e. The van der Waals surface area contributed by atoms with Crippen molar-refractivity contribution in [2.24, 2.45) is 5.73 Å². The Hall–Kier alpha value is -0.120. The van der Waals surface area contributed by atoms with Crippen molar-refractivity contribution in [3.8, 4) is 0 Å². The molecule has 0 saturated carbocycles. The molecule has 4 atom stereocenters. The summed E-state index contributed by atoms with van der Waals surface area (Å²) < 4.78 is 5.54. The van der Waals surface area contributed by atoms with Crippen molar-refractivity contribution in [1.29, 1.82) is 0 Å². The molecule has 0 radical (unpaired) electrons. The molecular weight excluding hydrogens is 200 g/mol. The van der Waals surface area contributed by atoms with E-state index in [4.69, 9.17) is 10.5 Å². The van der Waals surface area contributed by atoms with Gasteiger partial charge in [-0.15, -0.1) is 0 Å². The van der Waals surface area contributed by atoms with Gasteiger partial charge < -0.3 is 10.5 Å². The molecule has 0 aromatic carbocycles. The summed E-state index contributed by atoms with van der Waals surface area (Å²) in [6, 6.07) is 1.29. The van der Waals surface area contributed by atoms with Crippen molar-refractivity contribution in [2.45, 2.75) is 70.7 Å². The van der Waals surface area contributed by atoms with E-state index >= 15 is 0 Å². The van der Waals surface area contributed by atoms with Gasteiger partial charge in [0, 0.05) is 25.7 Å². The Morgan fingerprint density at radius 3 is 2.56 bits per heavy atom. The van der Waals surface area contributed by atoms with Crippen LogP contribution in [-0.2, 0) is 4.74 Å². The predicted octanol–water partition coefficient (Wildman–Crippen LogP) is 2.00. The first-order valence-electron chi connectivity index (χ1n) is 6.52. The summed E-state index contributed by atoms with van der Waals surface area (Å²) in [6.07, 6.45) is 3.96. The minimum Gasteiger partial charge on any atom is -0.380 e. The van der Waals surface area contributed by atoms with Crippen molar-refractivity contribution in [3.63, 3.8) is 0 Å². The lowest BCUT2D eigenvalue weighted by molar-refractivity contribution is -0.0525. The lowest BCUT2D eigenvalue weighted by Crippen LogP contribution is -2.62. The molecule has 0 aliphatic carbocycles. The van der Waals surface area contributed by atoms with Gasteiger partial charge in [0.05, 0.1) is 11.6 Å². The molecule has 1 heterocycles. The van der Waals surface area contributed by atoms with Crippen molar-refractivity contribution in [3.05, 3.63) is 0 Å². The van der Waals surface area contributed by atoms with E-state index in [-0.39, 0.29) is 11.6 Å². The summed E-state index contributed by atoms with van der Waals surface area (Å²) in [7, 11) is 1.78. The number of rotatable bonds is 5. The van der Waals surface area contributed by atoms with Crippen molar-refractivity contribution >= 4 is 0 Å². The maximum Gasteiger partial charge on any atom is 0.0736 e. The zero-order valence-corrected chi connectivity index (χ0v) is 11.5. The van der Waals surface area contributed by atoms with Gasteiger partial charge in [-0.25, -0.2) is 0 Å². The van der Waals surface area contributed by atoms with E-state index in [0.29, 0.717) is 18.6 Å². The molecule has 0 aromatic heterocycles. The highest BCUT2D eigenvalue weighted by atomic mass is 16.5. The number of methoxy groups -OCH3 is 1. The zero-order chi connectivity index (χ0) is 12.3. The minimum atomic E-state index is -0.0364. The number of ether oxygens (including phenoxy) is 1. The van der Waals surface area contributed by atoms with Gasteiger partial charge in [-0.2, -0.15) is 0 Å². The quantitative estimate of drug-likeness (QED) is 0.782. The molecule has 2 N–H and O–H groups in total. The molecule has 4 unspecified atom stereocenters. The van der Waals surface area contributed by atoms with Gasteiger partial charge in [0.1, 0.15) is 0 Å². The molecule has 3 heteroatoms. The molecule has 0 bridgehead atoms. The Balaban J connectivity index is 2.92. The molecular formula is C13H28N2O. The van der Waals surface area contributed by atoms with Gasteiger partial charge >= 0.3 is 0 Å². The molecule has 0 amide bonds. The van der Waals surface area contributed by atoms with Crippen LogP contribution in [0.1, 0.15) is 47.0 Å². The van der Waals surface area contributed by atoms with Crippen LogP contribution in [0.25, 0.3) is 0 Å². The average molecular weight is 228 g/mol. The van der Waals surface area contributed by atoms with Crippen LogP contribution in [0.15, 0.2) is 0 Å². The normalized spacial score (nSPS) is 32.6. The minimum absolute atomic E-state index is 0.0364. The molecule has 1 fully saturated rings. The van der Waals surface area contributed by atoms with Gasteiger partial charge in [-0.05, 0) is 40.0 Å². The highest BCUT2D eigenvalue weighted by Gasteiger charge is 2.44. The summed E-state index contributed by atoms with van der Waals surface area (Å²) in [5, 5.41) is 0. The molecule has 3 nitrogen and oxygen atoms in total. The Bertz CT molecular complexity index is 222. The number of likely N-dealkylation sites (tertiary alicyclic amines) is 1. The highest BCUT2D eigenvalue weighted by molar-refractivity contribution is 5.01. The van der Waals surface area contributed by atoms with Crippen LogP contribution in [0, 0.1) is 0 Å². The maximum absolute atomic E-state index is 6.02. The molecule has 1 aliphatic heterocycles. The topological polar surface area (TPSA) is 38.5 Å². The van der Waals surface area contributed by atoms with E-state index < -0.39 is 0 Å². The van der Waals surface area contributed by atoms with E-state index in [0.717, 1.165) is 0 Å². The fraction of sp³-hybridized carbons (Fsp3) is 1.00. The molecule has 1 saturated heterocycles. The number of hydrogen-bond acceptors (Lipinski definition) is 3. The van der Waals surface area contributed by atoms with Gasteiger partial charge in [0.2, 0.25) is 0 Å². The number of hydrogen-bond donors (Lipinski definition) is 1. The molecule has 0 spiro atoms. The zero-order valence-electron chi connectivity index (χ0n) is 11.5. The van der Waals surface area contributed by atoms with Gasteiger partial charge in [0.25, 0.3) is 0 Å². The van der Waals surface area contributed by atoms with E-state index in [2.05, 4.69) is 32.6 Å². The molecule has 96 valence electrons. The standard InChI is InChI=1S/C13H28N2O/c1-6-12-8-7-10(2)15(12)13(4,9-14)11(3)16-5/h10-12H,6-9,14H2,1-5H3. The lowest BCUT2D eigenvalue weighted by atomic mass is 9.91. The average Bonchev–Trinajstić information content (AvgIpc) is 2.68. The summed E-state index contributed by atoms with van der Waals surface area (Å²) in [6.45, 7) is 9.61. The number of nitrogens with zero attached hydrogens (tertiary/aromatic N) is 1. The van der Waals surface area contributed by atoms with Gasteiger partial charge in [-0.1, -0.05) is 6.92 Å². The van der Waals surface area contributed by atoms with Gasteiger partial charge in [0.15, 0.2) is 0 Å². The van der Waals surface area contributed by atoms with E-state index in [1.165, 1.54) is 19.3 Å². The van der Waals surface area contributed by atoms with Crippen LogP contribution < -0.4 is 5.73 Å². The monoisotopic (exact) mass is 228 g/mol. The second kappa shape index (κ2) is 5.48. The molecule has 1 rings (SSSR count). The summed E-state index contributed by atoms with van der Waals surface area (Å²) in [5.41, 5.74) is 5.98. The van der Waals surface area contributed by atoms with Crippen molar-refractivity contribution in [2.75, 3.05) is 13.7 Å². The Morgan fingerprint density at radius 2 is 2.12 bits per heavy atom. The number of nitrogens with two attached hydrogens (primary N) is 1. The molecule has 16 heavy (non-hydrogen) atoms. The second-order valence-corrected chi connectivity index (χ2v) is 5.33.